The van der Waals surface area contributed by atoms with Crippen LogP contribution in [0, 0.1) is 27.7 Å². The van der Waals surface area contributed by atoms with Crippen LogP contribution in [0.3, 0.4) is 0 Å². The molecule has 138 valence electrons. The number of aromatic amines is 2. The number of nitrogens with one attached hydrogen (secondary N) is 2. The molecule has 0 saturated heterocycles. The molecule has 5 aromatic rings. The summed E-state index contributed by atoms with van der Waals surface area (Å²) < 4.78 is 0. The second-order valence-electron chi connectivity index (χ2n) is 7.99. The normalized spacial score (nSPS) is 11.6. The van der Waals surface area contributed by atoms with Crippen LogP contribution in [0.25, 0.3) is 44.3 Å². The molecular formula is C26H24N2. The van der Waals surface area contributed by atoms with Gasteiger partial charge < -0.3 is 9.97 Å². The molecule has 0 fully saturated rings. The van der Waals surface area contributed by atoms with Crippen molar-refractivity contribution in [1.29, 1.82) is 0 Å². The molecule has 0 aliphatic rings. The number of benzene rings is 3. The van der Waals surface area contributed by atoms with Crippen molar-refractivity contribution in [2.75, 3.05) is 0 Å². The summed E-state index contributed by atoms with van der Waals surface area (Å²) in [5, 5.41) is 2.53. The highest BCUT2D eigenvalue weighted by atomic mass is 14.7. The number of aryl methyl sites for hydroxylation is 4. The average Bonchev–Trinajstić information content (AvgIpc) is 3.26. The second kappa shape index (κ2) is 6.13. The van der Waals surface area contributed by atoms with Crippen LogP contribution in [0.5, 0.6) is 0 Å². The molecule has 3 aromatic carbocycles. The molecule has 0 unspecified atom stereocenters. The molecule has 0 bridgehead atoms. The van der Waals surface area contributed by atoms with E-state index in [-0.39, 0.29) is 0 Å². The van der Waals surface area contributed by atoms with E-state index in [1.165, 1.54) is 55.2 Å². The maximum atomic E-state index is 3.59. The summed E-state index contributed by atoms with van der Waals surface area (Å²) in [6.45, 7) is 8.66. The van der Waals surface area contributed by atoms with Crippen molar-refractivity contribution in [3.05, 3.63) is 82.9 Å². The van der Waals surface area contributed by atoms with Gasteiger partial charge in [0.2, 0.25) is 0 Å². The number of H-pyrrole nitrogens is 2. The van der Waals surface area contributed by atoms with Crippen molar-refractivity contribution >= 4 is 21.8 Å². The fourth-order valence-corrected chi connectivity index (χ4v) is 3.97. The Balaban J connectivity index is 1.60. The molecule has 2 heterocycles. The minimum Gasteiger partial charge on any atom is -0.355 e. The molecule has 2 N–H and O–H groups in total. The zero-order chi connectivity index (χ0) is 19.4. The summed E-state index contributed by atoms with van der Waals surface area (Å²) in [5.41, 5.74) is 12.4. The number of fused-ring (bicyclic) bond motifs is 2. The third-order valence-electron chi connectivity index (χ3n) is 5.95. The Labute approximate surface area is 165 Å². The highest BCUT2D eigenvalue weighted by Gasteiger charge is 2.09. The van der Waals surface area contributed by atoms with Crippen molar-refractivity contribution in [3.8, 4) is 22.5 Å². The van der Waals surface area contributed by atoms with Gasteiger partial charge in [-0.05, 0) is 104 Å². The topological polar surface area (TPSA) is 31.6 Å². The van der Waals surface area contributed by atoms with Gasteiger partial charge in [-0.2, -0.15) is 0 Å². The van der Waals surface area contributed by atoms with E-state index in [1.54, 1.807) is 0 Å². The largest absolute Gasteiger partial charge is 0.355 e. The van der Waals surface area contributed by atoms with Crippen LogP contribution < -0.4 is 0 Å². The summed E-state index contributed by atoms with van der Waals surface area (Å²) in [7, 11) is 0. The number of hydrogen-bond acceptors (Lipinski definition) is 0. The summed E-state index contributed by atoms with van der Waals surface area (Å²) in [5.74, 6) is 0. The second-order valence-corrected chi connectivity index (χ2v) is 7.99. The van der Waals surface area contributed by atoms with Crippen molar-refractivity contribution < 1.29 is 0 Å². The lowest BCUT2D eigenvalue weighted by Crippen LogP contribution is -1.82. The van der Waals surface area contributed by atoms with Gasteiger partial charge in [0, 0.05) is 33.2 Å². The molecule has 0 spiro atoms. The molecule has 0 amide bonds. The van der Waals surface area contributed by atoms with E-state index in [9.17, 15) is 0 Å². The standard InChI is InChI=1S/C26H24N2/c1-15-8-21-13-25(27-23(21)10-17(15)3)19-6-5-7-20(12-19)26-14-22-9-16(2)18(4)11-24(22)28-26/h5-14,27-28H,1-4H3. The van der Waals surface area contributed by atoms with Crippen molar-refractivity contribution in [3.63, 3.8) is 0 Å². The zero-order valence-corrected chi connectivity index (χ0v) is 16.8. The van der Waals surface area contributed by atoms with Crippen LogP contribution in [0.15, 0.2) is 60.7 Å². The summed E-state index contributed by atoms with van der Waals surface area (Å²) >= 11 is 0. The average molecular weight is 364 g/mol. The quantitative estimate of drug-likeness (QED) is 0.331. The lowest BCUT2D eigenvalue weighted by Gasteiger charge is -2.02. The minimum absolute atomic E-state index is 1.16. The van der Waals surface area contributed by atoms with Crippen LogP contribution in [-0.2, 0) is 0 Å². The molecule has 0 aliphatic heterocycles. The van der Waals surface area contributed by atoms with Gasteiger partial charge >= 0.3 is 0 Å². The number of aromatic nitrogens is 2. The van der Waals surface area contributed by atoms with Gasteiger partial charge in [0.15, 0.2) is 0 Å². The molecule has 0 aliphatic carbocycles. The molecule has 2 heteroatoms. The fourth-order valence-electron chi connectivity index (χ4n) is 3.97. The molecule has 0 radical (unpaired) electrons. The van der Waals surface area contributed by atoms with Gasteiger partial charge in [0.25, 0.3) is 0 Å². The third-order valence-corrected chi connectivity index (χ3v) is 5.95. The SMILES string of the molecule is Cc1cc2cc(-c3cccc(-c4cc5cc(C)c(C)cc5[nH]4)c3)[nH]c2cc1C. The van der Waals surface area contributed by atoms with Gasteiger partial charge in [-0.1, -0.05) is 18.2 Å². The number of rotatable bonds is 2. The monoisotopic (exact) mass is 364 g/mol. The van der Waals surface area contributed by atoms with Crippen molar-refractivity contribution in [2.45, 2.75) is 27.7 Å². The molecule has 28 heavy (non-hydrogen) atoms. The van der Waals surface area contributed by atoms with Crippen LogP contribution >= 0.6 is 0 Å². The van der Waals surface area contributed by atoms with Crippen molar-refractivity contribution in [2.24, 2.45) is 0 Å². The van der Waals surface area contributed by atoms with Gasteiger partial charge in [-0.15, -0.1) is 0 Å². The Bertz CT molecular complexity index is 1170. The minimum atomic E-state index is 1.16. The van der Waals surface area contributed by atoms with Gasteiger partial charge in [0.1, 0.15) is 0 Å². The van der Waals surface area contributed by atoms with Crippen LogP contribution in [0.1, 0.15) is 22.3 Å². The molecule has 0 saturated carbocycles. The molecule has 2 nitrogen and oxygen atoms in total. The Morgan fingerprint density at radius 2 is 0.929 bits per heavy atom. The van der Waals surface area contributed by atoms with Gasteiger partial charge in [-0.3, -0.25) is 0 Å². The predicted molar refractivity (Wildman–Crippen MR) is 120 cm³/mol. The molecule has 0 atom stereocenters. The highest BCUT2D eigenvalue weighted by molar-refractivity contribution is 5.89. The highest BCUT2D eigenvalue weighted by Crippen LogP contribution is 2.31. The van der Waals surface area contributed by atoms with E-state index in [4.69, 9.17) is 0 Å². The molecule has 5 rings (SSSR count). The van der Waals surface area contributed by atoms with E-state index in [0.29, 0.717) is 0 Å². The first kappa shape index (κ1) is 16.9. The van der Waals surface area contributed by atoms with Crippen LogP contribution in [-0.4, -0.2) is 9.97 Å². The Kier molecular flexibility index (Phi) is 3.70. The Morgan fingerprint density at radius 1 is 0.500 bits per heavy atom. The lowest BCUT2D eigenvalue weighted by molar-refractivity contribution is 1.35. The maximum Gasteiger partial charge on any atom is 0.0465 e. The molecular weight excluding hydrogens is 340 g/mol. The summed E-state index contributed by atoms with van der Waals surface area (Å²) in [6.07, 6.45) is 0. The first-order chi connectivity index (χ1) is 13.5. The van der Waals surface area contributed by atoms with Gasteiger partial charge in [0.05, 0.1) is 0 Å². The van der Waals surface area contributed by atoms with Gasteiger partial charge in [-0.25, -0.2) is 0 Å². The predicted octanol–water partition coefficient (Wildman–Crippen LogP) is 7.22. The van der Waals surface area contributed by atoms with E-state index in [2.05, 4.69) is 98.3 Å². The summed E-state index contributed by atoms with van der Waals surface area (Å²) in [4.78, 5) is 7.18. The third kappa shape index (κ3) is 2.73. The van der Waals surface area contributed by atoms with E-state index >= 15 is 0 Å². The smallest absolute Gasteiger partial charge is 0.0465 e. The number of hydrogen-bond donors (Lipinski definition) is 2. The Hall–Kier alpha value is -3.26. The van der Waals surface area contributed by atoms with E-state index in [0.717, 1.165) is 11.4 Å². The van der Waals surface area contributed by atoms with Crippen LogP contribution in [0.2, 0.25) is 0 Å². The summed E-state index contributed by atoms with van der Waals surface area (Å²) in [6, 6.07) is 22.2. The maximum absolute atomic E-state index is 3.59. The molecule has 2 aromatic heterocycles. The fraction of sp³-hybridized carbons (Fsp3) is 0.154. The van der Waals surface area contributed by atoms with E-state index in [1.807, 2.05) is 0 Å². The van der Waals surface area contributed by atoms with Crippen LogP contribution in [0.4, 0.5) is 0 Å². The Morgan fingerprint density at radius 3 is 1.39 bits per heavy atom. The zero-order valence-electron chi connectivity index (χ0n) is 16.8. The first-order valence-electron chi connectivity index (χ1n) is 9.79. The lowest BCUT2D eigenvalue weighted by atomic mass is 10.0. The van der Waals surface area contributed by atoms with E-state index < -0.39 is 0 Å². The van der Waals surface area contributed by atoms with Crippen molar-refractivity contribution in [1.82, 2.24) is 9.97 Å². The first-order valence-corrected chi connectivity index (χ1v) is 9.79.